The van der Waals surface area contributed by atoms with Crippen molar-refractivity contribution in [2.45, 2.75) is 483 Å². The smallest absolute Gasteiger partial charge is 0.462 e. The molecule has 0 aliphatic heterocycles. The van der Waals surface area contributed by atoms with E-state index in [9.17, 15) is 43.2 Å². The molecule has 3 N–H and O–H groups in total. The lowest BCUT2D eigenvalue weighted by Crippen LogP contribution is -2.30. The number of carbonyl (C=O) groups is 4. The highest BCUT2D eigenvalue weighted by Crippen LogP contribution is 2.45. The number of aliphatic hydroxyl groups excluding tert-OH is 1. The molecule has 0 fully saturated rings. The quantitative estimate of drug-likeness (QED) is 0.0222. The van der Waals surface area contributed by atoms with Gasteiger partial charge in [0.05, 0.1) is 26.4 Å². The van der Waals surface area contributed by atoms with Crippen LogP contribution in [0.1, 0.15) is 464 Å². The van der Waals surface area contributed by atoms with Crippen LogP contribution in [0.5, 0.6) is 0 Å². The molecular formula is C85H166O17P2. The maximum Gasteiger partial charge on any atom is 0.472 e. The van der Waals surface area contributed by atoms with E-state index < -0.39 is 97.5 Å². The summed E-state index contributed by atoms with van der Waals surface area (Å²) in [5.41, 5.74) is 0. The van der Waals surface area contributed by atoms with Crippen molar-refractivity contribution in [3.05, 3.63) is 0 Å². The summed E-state index contributed by atoms with van der Waals surface area (Å²) >= 11 is 0. The van der Waals surface area contributed by atoms with Gasteiger partial charge in [0.15, 0.2) is 12.2 Å². The minimum atomic E-state index is -4.96. The molecule has 618 valence electrons. The molecular weight excluding hydrogens is 1350 g/mol. The molecule has 0 saturated heterocycles. The Balaban J connectivity index is 5.23. The van der Waals surface area contributed by atoms with Crippen molar-refractivity contribution in [1.82, 2.24) is 0 Å². The molecule has 0 saturated carbocycles. The third-order valence-electron chi connectivity index (χ3n) is 20.1. The number of carbonyl (C=O) groups excluding carboxylic acids is 4. The Kier molecular flexibility index (Phi) is 77.7. The Bertz CT molecular complexity index is 1960. The number of hydrogen-bond donors (Lipinski definition) is 3. The molecule has 0 rings (SSSR count). The predicted molar refractivity (Wildman–Crippen MR) is 428 cm³/mol. The molecule has 19 heteroatoms. The van der Waals surface area contributed by atoms with Crippen molar-refractivity contribution in [2.24, 2.45) is 0 Å². The summed E-state index contributed by atoms with van der Waals surface area (Å²) in [5.74, 6) is -2.10. The van der Waals surface area contributed by atoms with Crippen molar-refractivity contribution in [3.8, 4) is 0 Å². The van der Waals surface area contributed by atoms with Gasteiger partial charge in [-0.2, -0.15) is 0 Å². The Hall–Kier alpha value is -1.94. The number of phosphoric ester groups is 2. The predicted octanol–water partition coefficient (Wildman–Crippen LogP) is 26.1. The van der Waals surface area contributed by atoms with Gasteiger partial charge >= 0.3 is 39.5 Å². The summed E-state index contributed by atoms with van der Waals surface area (Å²) in [7, 11) is -9.92. The van der Waals surface area contributed by atoms with Crippen LogP contribution in [0.25, 0.3) is 0 Å². The SMILES string of the molecule is CCCCCCCCCCCCCCCCCCCCCCC(=O)O[C@H](COC(=O)CCCCCCCCCCCCCCCCCCCCC)COP(=O)(O)OC[C@@H](O)COP(=O)(O)OC[C@@H](COC(=O)CCCCCCCCCCCCC)OC(=O)CCCCCCCCCCCCCCCC. The molecule has 0 aliphatic carbocycles. The summed E-state index contributed by atoms with van der Waals surface area (Å²) < 4.78 is 68.9. The minimum absolute atomic E-state index is 0.109. The van der Waals surface area contributed by atoms with Gasteiger partial charge < -0.3 is 33.8 Å². The molecule has 0 bridgehead atoms. The van der Waals surface area contributed by atoms with Crippen molar-refractivity contribution < 1.29 is 80.2 Å². The number of aliphatic hydroxyl groups is 1. The van der Waals surface area contributed by atoms with E-state index in [-0.39, 0.29) is 25.7 Å². The fourth-order valence-corrected chi connectivity index (χ4v) is 14.9. The number of ether oxygens (including phenoxy) is 4. The molecule has 17 nitrogen and oxygen atoms in total. The summed E-state index contributed by atoms with van der Waals surface area (Å²) in [5, 5.41) is 10.7. The molecule has 0 radical (unpaired) electrons. The van der Waals surface area contributed by atoms with Crippen LogP contribution in [0.2, 0.25) is 0 Å². The van der Waals surface area contributed by atoms with E-state index in [2.05, 4.69) is 27.7 Å². The standard InChI is InChI=1S/C85H166O17P2/c1-5-9-13-17-21-25-29-32-35-37-39-41-43-45-48-52-56-60-64-68-72-85(90)102-81(76-96-83(88)70-66-62-58-54-50-47-44-42-40-38-36-33-30-26-22-18-14-10-6-2)78-100-104(93,94)98-74-79(86)73-97-103(91,92)99-77-80(75-95-82(87)69-65-61-57-53-49-28-24-20-16-12-8-4)101-84(89)71-67-63-59-55-51-46-34-31-27-23-19-15-11-7-3/h79-81,86H,5-78H2,1-4H3,(H,91,92)(H,93,94)/t79-,80+,81+/m0/s1. The molecule has 104 heavy (non-hydrogen) atoms. The lowest BCUT2D eigenvalue weighted by molar-refractivity contribution is -0.161. The van der Waals surface area contributed by atoms with Crippen molar-refractivity contribution >= 4 is 39.5 Å². The zero-order valence-electron chi connectivity index (χ0n) is 68.0. The Labute approximate surface area is 638 Å². The first kappa shape index (κ1) is 102. The summed E-state index contributed by atoms with van der Waals surface area (Å²) in [6.45, 7) is 5.05. The van der Waals surface area contributed by atoms with Crippen LogP contribution in [0.3, 0.4) is 0 Å². The number of unbranched alkanes of at least 4 members (excludes halogenated alkanes) is 60. The molecule has 0 aromatic rings. The average molecular weight is 1520 g/mol. The molecule has 0 aliphatic rings. The average Bonchev–Trinajstić information content (AvgIpc) is 0.918. The van der Waals surface area contributed by atoms with E-state index in [1.807, 2.05) is 0 Å². The van der Waals surface area contributed by atoms with Crippen LogP contribution in [0, 0.1) is 0 Å². The van der Waals surface area contributed by atoms with Gasteiger partial charge in [-0.05, 0) is 25.7 Å². The minimum Gasteiger partial charge on any atom is -0.462 e. The number of esters is 4. The van der Waals surface area contributed by atoms with Crippen LogP contribution in [-0.4, -0.2) is 96.7 Å². The normalized spacial score (nSPS) is 13.7. The number of hydrogen-bond acceptors (Lipinski definition) is 15. The molecule has 0 spiro atoms. The number of phosphoric acid groups is 2. The Morgan fingerprint density at radius 3 is 0.567 bits per heavy atom. The topological polar surface area (TPSA) is 237 Å². The molecule has 0 heterocycles. The van der Waals surface area contributed by atoms with Gasteiger partial charge in [-0.15, -0.1) is 0 Å². The van der Waals surface area contributed by atoms with Crippen molar-refractivity contribution in [2.75, 3.05) is 39.6 Å². The van der Waals surface area contributed by atoms with Gasteiger partial charge in [0.2, 0.25) is 0 Å². The first-order valence-corrected chi connectivity index (χ1v) is 47.3. The maximum atomic E-state index is 13.1. The third kappa shape index (κ3) is 78.2. The molecule has 0 aromatic heterocycles. The van der Waals surface area contributed by atoms with E-state index in [0.29, 0.717) is 25.7 Å². The van der Waals surface area contributed by atoms with Gasteiger partial charge in [-0.3, -0.25) is 37.3 Å². The molecule has 5 atom stereocenters. The lowest BCUT2D eigenvalue weighted by atomic mass is 10.0. The molecule has 0 amide bonds. The van der Waals surface area contributed by atoms with Crippen LogP contribution >= 0.6 is 15.6 Å². The first-order valence-electron chi connectivity index (χ1n) is 44.3. The van der Waals surface area contributed by atoms with E-state index in [1.54, 1.807) is 0 Å². The zero-order valence-corrected chi connectivity index (χ0v) is 69.8. The van der Waals surface area contributed by atoms with Crippen molar-refractivity contribution in [1.29, 1.82) is 0 Å². The van der Waals surface area contributed by atoms with Crippen LogP contribution in [0.15, 0.2) is 0 Å². The highest BCUT2D eigenvalue weighted by Gasteiger charge is 2.30. The van der Waals surface area contributed by atoms with E-state index in [0.717, 1.165) is 89.9 Å². The fourth-order valence-electron chi connectivity index (χ4n) is 13.3. The Morgan fingerprint density at radius 2 is 0.385 bits per heavy atom. The highest BCUT2D eigenvalue weighted by atomic mass is 31.2. The van der Waals surface area contributed by atoms with Gasteiger partial charge in [0.1, 0.15) is 19.3 Å². The van der Waals surface area contributed by atoms with Crippen LogP contribution < -0.4 is 0 Å². The highest BCUT2D eigenvalue weighted by molar-refractivity contribution is 7.47. The van der Waals surface area contributed by atoms with E-state index in [4.69, 9.17) is 37.0 Å². The number of rotatable bonds is 86. The van der Waals surface area contributed by atoms with Gasteiger partial charge in [-0.1, -0.05) is 413 Å². The summed E-state index contributed by atoms with van der Waals surface area (Å²) in [6, 6.07) is 0. The maximum absolute atomic E-state index is 13.1. The zero-order chi connectivity index (χ0) is 76.0. The second-order valence-corrected chi connectivity index (χ2v) is 33.5. The van der Waals surface area contributed by atoms with Crippen LogP contribution in [0.4, 0.5) is 0 Å². The monoisotopic (exact) mass is 1520 g/mol. The van der Waals surface area contributed by atoms with E-state index >= 15 is 0 Å². The summed E-state index contributed by atoms with van der Waals surface area (Å²) in [6.07, 6.45) is 73.5. The van der Waals surface area contributed by atoms with Gasteiger partial charge in [-0.25, -0.2) is 9.13 Å². The van der Waals surface area contributed by atoms with Crippen LogP contribution in [-0.2, 0) is 65.4 Å². The third-order valence-corrected chi connectivity index (χ3v) is 22.0. The summed E-state index contributed by atoms with van der Waals surface area (Å²) in [4.78, 5) is 73.2. The molecule has 0 aromatic carbocycles. The van der Waals surface area contributed by atoms with Gasteiger partial charge in [0.25, 0.3) is 0 Å². The second kappa shape index (κ2) is 79.2. The van der Waals surface area contributed by atoms with Crippen molar-refractivity contribution in [3.63, 3.8) is 0 Å². The Morgan fingerprint density at radius 1 is 0.231 bits per heavy atom. The fraction of sp³-hybridized carbons (Fsp3) is 0.953. The first-order chi connectivity index (χ1) is 50.7. The largest absolute Gasteiger partial charge is 0.472 e. The second-order valence-electron chi connectivity index (χ2n) is 30.6. The lowest BCUT2D eigenvalue weighted by Gasteiger charge is -2.21. The van der Waals surface area contributed by atoms with Gasteiger partial charge in [0, 0.05) is 25.7 Å². The van der Waals surface area contributed by atoms with E-state index in [1.165, 1.54) is 295 Å². The molecule has 2 unspecified atom stereocenters.